The van der Waals surface area contributed by atoms with Gasteiger partial charge in [-0.3, -0.25) is 14.6 Å². The topological polar surface area (TPSA) is 113 Å². The van der Waals surface area contributed by atoms with Crippen LogP contribution in [0.3, 0.4) is 0 Å². The molecule has 1 aliphatic rings. The van der Waals surface area contributed by atoms with Gasteiger partial charge < -0.3 is 15.5 Å². The van der Waals surface area contributed by atoms with Gasteiger partial charge in [0.15, 0.2) is 11.5 Å². The second-order valence-corrected chi connectivity index (χ2v) is 10.2. The summed E-state index contributed by atoms with van der Waals surface area (Å²) in [6, 6.07) is 6.90. The number of aromatic nitrogens is 4. The van der Waals surface area contributed by atoms with Crippen LogP contribution in [0.2, 0.25) is 0 Å². The molecule has 0 amide bonds. The van der Waals surface area contributed by atoms with Crippen LogP contribution in [0.25, 0.3) is 11.0 Å². The van der Waals surface area contributed by atoms with Crippen molar-refractivity contribution in [1.82, 2.24) is 29.7 Å². The fourth-order valence-corrected chi connectivity index (χ4v) is 4.78. The minimum Gasteiger partial charge on any atom is -0.371 e. The van der Waals surface area contributed by atoms with Crippen LogP contribution in [-0.4, -0.2) is 75.7 Å². The Kier molecular flexibility index (Phi) is 9.15. The number of hydrogen-bond donors (Lipinski definition) is 2. The molecule has 11 heteroatoms. The number of carbonyl (C=O) groups excluding carboxylic acids is 1. The number of piperidine rings is 1. The Labute approximate surface area is 234 Å². The number of carbonyl (C=O) groups is 1. The second kappa shape index (κ2) is 12.7. The number of hydrazone groups is 1. The monoisotopic (exact) mass is 545 g/mol. The van der Waals surface area contributed by atoms with Crippen LogP contribution in [-0.2, 0) is 11.3 Å². The molecule has 3 aromatic rings. The van der Waals surface area contributed by atoms with Gasteiger partial charge in [-0.25, -0.2) is 14.3 Å². The Morgan fingerprint density at radius 3 is 2.67 bits per heavy atom. The maximum absolute atomic E-state index is 13.3. The van der Waals surface area contributed by atoms with Gasteiger partial charge in [-0.2, -0.15) is 10.1 Å². The van der Waals surface area contributed by atoms with Crippen molar-refractivity contribution < 1.29 is 4.79 Å². The van der Waals surface area contributed by atoms with Crippen LogP contribution >= 0.6 is 0 Å². The molecule has 1 fully saturated rings. The van der Waals surface area contributed by atoms with Crippen molar-refractivity contribution in [3.8, 4) is 0 Å². The smallest absolute Gasteiger partial charge is 0.278 e. The Morgan fingerprint density at radius 2 is 2.05 bits per heavy atom. The SMILES string of the molecule is C=CCn1c(=O)c2cnc(Nc3ccc(N4CCC(NC)CC4)c(C)c3)nc2n1C(/C=C\C=O)=N/N(C)C(C)C. The zero-order chi connectivity index (χ0) is 28.8. The molecule has 0 spiro atoms. The first-order valence-electron chi connectivity index (χ1n) is 13.6. The van der Waals surface area contributed by atoms with Crippen molar-refractivity contribution in [2.24, 2.45) is 5.10 Å². The highest BCUT2D eigenvalue weighted by atomic mass is 16.1. The molecule has 0 saturated carbocycles. The molecule has 0 unspecified atom stereocenters. The molecule has 4 rings (SSSR count). The van der Waals surface area contributed by atoms with Crippen LogP contribution in [0, 0.1) is 6.92 Å². The van der Waals surface area contributed by atoms with Crippen molar-refractivity contribution in [2.45, 2.75) is 52.2 Å². The van der Waals surface area contributed by atoms with Gasteiger partial charge in [0.05, 0.1) is 6.54 Å². The lowest BCUT2D eigenvalue weighted by Crippen LogP contribution is -2.41. The molecule has 0 atom stereocenters. The van der Waals surface area contributed by atoms with Crippen LogP contribution < -0.4 is 21.1 Å². The number of aryl methyl sites for hydroxylation is 1. The first kappa shape index (κ1) is 28.8. The zero-order valence-corrected chi connectivity index (χ0v) is 24.0. The fraction of sp³-hybridized carbons (Fsp3) is 0.414. The second-order valence-electron chi connectivity index (χ2n) is 10.2. The third-order valence-corrected chi connectivity index (χ3v) is 7.22. The van der Waals surface area contributed by atoms with E-state index in [4.69, 9.17) is 4.98 Å². The average molecular weight is 546 g/mol. The van der Waals surface area contributed by atoms with Crippen LogP contribution in [0.4, 0.5) is 17.3 Å². The number of rotatable bonds is 10. The number of hydrogen-bond acceptors (Lipinski definition) is 9. The summed E-state index contributed by atoms with van der Waals surface area (Å²) in [6.07, 6.45) is 8.96. The van der Waals surface area contributed by atoms with E-state index in [-0.39, 0.29) is 18.1 Å². The van der Waals surface area contributed by atoms with E-state index in [2.05, 4.69) is 51.3 Å². The molecule has 1 saturated heterocycles. The normalized spacial score (nSPS) is 14.8. The molecular weight excluding hydrogens is 506 g/mol. The number of aldehydes is 1. The lowest BCUT2D eigenvalue weighted by molar-refractivity contribution is -0.104. The van der Waals surface area contributed by atoms with Crippen molar-refractivity contribution >= 4 is 40.5 Å². The Morgan fingerprint density at radius 1 is 1.30 bits per heavy atom. The highest BCUT2D eigenvalue weighted by Gasteiger charge is 2.21. The largest absolute Gasteiger partial charge is 0.371 e. The summed E-state index contributed by atoms with van der Waals surface area (Å²) >= 11 is 0. The van der Waals surface area contributed by atoms with Crippen LogP contribution in [0.1, 0.15) is 32.3 Å². The van der Waals surface area contributed by atoms with E-state index in [0.717, 1.165) is 37.2 Å². The summed E-state index contributed by atoms with van der Waals surface area (Å²) in [5.41, 5.74) is 3.33. The summed E-state index contributed by atoms with van der Waals surface area (Å²) in [4.78, 5) is 36.1. The van der Waals surface area contributed by atoms with E-state index < -0.39 is 0 Å². The molecule has 40 heavy (non-hydrogen) atoms. The van der Waals surface area contributed by atoms with Gasteiger partial charge >= 0.3 is 0 Å². The van der Waals surface area contributed by atoms with Crippen molar-refractivity contribution in [1.29, 1.82) is 0 Å². The van der Waals surface area contributed by atoms with Crippen molar-refractivity contribution in [2.75, 3.05) is 37.4 Å². The van der Waals surface area contributed by atoms with Crippen LogP contribution in [0.15, 0.2) is 59.1 Å². The molecule has 2 aromatic heterocycles. The van der Waals surface area contributed by atoms with E-state index in [1.165, 1.54) is 22.6 Å². The van der Waals surface area contributed by atoms with E-state index >= 15 is 0 Å². The number of anilines is 3. The van der Waals surface area contributed by atoms with E-state index in [1.54, 1.807) is 21.8 Å². The number of nitrogens with zero attached hydrogens (tertiary/aromatic N) is 7. The lowest BCUT2D eigenvalue weighted by Gasteiger charge is -2.34. The Hall–Kier alpha value is -4.25. The minimum atomic E-state index is -0.275. The highest BCUT2D eigenvalue weighted by molar-refractivity contribution is 6.01. The molecule has 2 N–H and O–H groups in total. The van der Waals surface area contributed by atoms with E-state index in [1.807, 2.05) is 34.0 Å². The number of fused-ring (bicyclic) bond motifs is 1. The number of allylic oxidation sites excluding steroid dienone is 3. The molecular formula is C29H39N9O2. The Bertz CT molecular complexity index is 1480. The maximum atomic E-state index is 13.3. The summed E-state index contributed by atoms with van der Waals surface area (Å²) < 4.78 is 3.09. The van der Waals surface area contributed by atoms with Gasteiger partial charge in [0.1, 0.15) is 11.7 Å². The van der Waals surface area contributed by atoms with Gasteiger partial charge in [-0.15, -0.1) is 6.58 Å². The molecule has 0 bridgehead atoms. The summed E-state index contributed by atoms with van der Waals surface area (Å²) in [7, 11) is 3.86. The fourth-order valence-electron chi connectivity index (χ4n) is 4.78. The summed E-state index contributed by atoms with van der Waals surface area (Å²) in [6.45, 7) is 12.2. The van der Waals surface area contributed by atoms with Crippen molar-refractivity contribution in [3.63, 3.8) is 0 Å². The summed E-state index contributed by atoms with van der Waals surface area (Å²) in [5.74, 6) is 0.707. The predicted octanol–water partition coefficient (Wildman–Crippen LogP) is 3.28. The van der Waals surface area contributed by atoms with Crippen molar-refractivity contribution in [3.05, 3.63) is 65.1 Å². The predicted molar refractivity (Wildman–Crippen MR) is 162 cm³/mol. The molecule has 1 aliphatic heterocycles. The number of nitrogens with one attached hydrogen (secondary N) is 2. The molecule has 1 aromatic carbocycles. The van der Waals surface area contributed by atoms with Gasteiger partial charge in [0, 0.05) is 49.8 Å². The molecule has 0 aliphatic carbocycles. The highest BCUT2D eigenvalue weighted by Crippen LogP contribution is 2.27. The lowest BCUT2D eigenvalue weighted by atomic mass is 10.0. The first-order valence-corrected chi connectivity index (χ1v) is 13.6. The van der Waals surface area contributed by atoms with Crippen LogP contribution in [0.5, 0.6) is 0 Å². The third-order valence-electron chi connectivity index (χ3n) is 7.22. The molecule has 11 nitrogen and oxygen atoms in total. The first-order chi connectivity index (χ1) is 19.3. The molecule has 212 valence electrons. The van der Waals surface area contributed by atoms with Gasteiger partial charge in [0.2, 0.25) is 5.95 Å². The van der Waals surface area contributed by atoms with Gasteiger partial charge in [-0.05, 0) is 76.6 Å². The standard InChI is InChI=1S/C29H39N9O2/c1-7-14-37-28(40)24-19-31-29(33-27(24)38(37)26(9-8-17-39)34-35(6)20(2)3)32-23-10-11-25(21(4)18-23)36-15-12-22(30-5)13-16-36/h7-11,17-20,22,30H,1,12-16H2,2-6H3,(H,31,32,33)/b9-8-,34-26+. The van der Waals surface area contributed by atoms with Gasteiger partial charge in [-0.1, -0.05) is 6.08 Å². The average Bonchev–Trinajstić information content (AvgIpc) is 3.21. The van der Waals surface area contributed by atoms with Gasteiger partial charge in [0.25, 0.3) is 5.56 Å². The van der Waals surface area contributed by atoms with E-state index in [0.29, 0.717) is 35.1 Å². The maximum Gasteiger partial charge on any atom is 0.278 e. The quantitative estimate of drug-likeness (QED) is 0.0997. The number of benzene rings is 1. The third kappa shape index (κ3) is 6.15. The van der Waals surface area contributed by atoms with E-state index in [9.17, 15) is 9.59 Å². The molecule has 3 heterocycles. The zero-order valence-electron chi connectivity index (χ0n) is 24.0. The minimum absolute atomic E-state index is 0.0915. The summed E-state index contributed by atoms with van der Waals surface area (Å²) in [5, 5.41) is 13.4. The molecule has 0 radical (unpaired) electrons. The Balaban J connectivity index is 1.72.